The second kappa shape index (κ2) is 9.48. The number of nitrogens with zero attached hydrogens (tertiary/aromatic N) is 1. The van der Waals surface area contributed by atoms with E-state index in [0.717, 1.165) is 11.8 Å². The molecule has 0 bridgehead atoms. The molecule has 6 nitrogen and oxygen atoms in total. The molecule has 146 valence electrons. The minimum Gasteiger partial charge on any atom is -0.496 e. The molecule has 2 aromatic carbocycles. The molecule has 0 aliphatic rings. The van der Waals surface area contributed by atoms with Gasteiger partial charge in [0, 0.05) is 19.5 Å². The molecule has 1 N–H and O–H groups in total. The number of benzene rings is 2. The lowest BCUT2D eigenvalue weighted by molar-refractivity contribution is -0.116. The van der Waals surface area contributed by atoms with Crippen LogP contribution in [-0.4, -0.2) is 45.1 Å². The highest BCUT2D eigenvalue weighted by molar-refractivity contribution is 7.88. The van der Waals surface area contributed by atoms with E-state index in [1.165, 1.54) is 22.5 Å². The van der Waals surface area contributed by atoms with Gasteiger partial charge in [-0.25, -0.2) is 17.1 Å². The number of anilines is 1. The van der Waals surface area contributed by atoms with E-state index in [-0.39, 0.29) is 25.2 Å². The van der Waals surface area contributed by atoms with Crippen LogP contribution in [0.15, 0.2) is 48.5 Å². The van der Waals surface area contributed by atoms with Crippen LogP contribution in [-0.2, 0) is 21.2 Å². The van der Waals surface area contributed by atoms with Crippen molar-refractivity contribution in [3.8, 4) is 5.75 Å². The van der Waals surface area contributed by atoms with Gasteiger partial charge in [-0.1, -0.05) is 30.3 Å². The first kappa shape index (κ1) is 20.9. The van der Waals surface area contributed by atoms with E-state index in [0.29, 0.717) is 12.2 Å². The van der Waals surface area contributed by atoms with Crippen molar-refractivity contribution in [3.63, 3.8) is 0 Å². The van der Waals surface area contributed by atoms with E-state index < -0.39 is 21.7 Å². The molecule has 0 unspecified atom stereocenters. The number of hydrogen-bond donors (Lipinski definition) is 1. The minimum absolute atomic E-state index is 0.00820. The summed E-state index contributed by atoms with van der Waals surface area (Å²) in [6, 6.07) is 13.2. The summed E-state index contributed by atoms with van der Waals surface area (Å²) in [4.78, 5) is 12.1. The Hall–Kier alpha value is -2.45. The van der Waals surface area contributed by atoms with Crippen LogP contribution in [0.1, 0.15) is 12.0 Å². The highest BCUT2D eigenvalue weighted by Gasteiger charge is 2.19. The van der Waals surface area contributed by atoms with Gasteiger partial charge >= 0.3 is 0 Å². The maximum absolute atomic E-state index is 13.6. The summed E-state index contributed by atoms with van der Waals surface area (Å²) in [7, 11) is -1.94. The molecular weight excluding hydrogens is 371 g/mol. The standard InChI is InChI=1S/C19H23FN2O4S/c1-26-18-10-6-3-7-15(18)11-13-22(27(2,24)25)14-12-19(23)21-17-9-5-4-8-16(17)20/h3-10H,11-14H2,1-2H3,(H,21,23). The summed E-state index contributed by atoms with van der Waals surface area (Å²) in [5.74, 6) is -0.309. The topological polar surface area (TPSA) is 75.7 Å². The average molecular weight is 394 g/mol. The molecule has 1 amide bonds. The van der Waals surface area contributed by atoms with Gasteiger partial charge in [-0.15, -0.1) is 0 Å². The quantitative estimate of drug-likeness (QED) is 0.710. The summed E-state index contributed by atoms with van der Waals surface area (Å²) < 4.78 is 44.2. The highest BCUT2D eigenvalue weighted by atomic mass is 32.2. The Labute approximate surface area is 159 Å². The van der Waals surface area contributed by atoms with Gasteiger partial charge in [0.15, 0.2) is 0 Å². The first-order valence-electron chi connectivity index (χ1n) is 8.42. The highest BCUT2D eigenvalue weighted by Crippen LogP contribution is 2.19. The molecule has 0 aliphatic heterocycles. The number of hydrogen-bond acceptors (Lipinski definition) is 4. The van der Waals surface area contributed by atoms with E-state index in [9.17, 15) is 17.6 Å². The Bertz CT molecular complexity index is 887. The number of methoxy groups -OCH3 is 1. The second-order valence-corrected chi connectivity index (χ2v) is 7.98. The van der Waals surface area contributed by atoms with Crippen LogP contribution in [0.5, 0.6) is 5.75 Å². The van der Waals surface area contributed by atoms with E-state index in [2.05, 4.69) is 5.32 Å². The van der Waals surface area contributed by atoms with Crippen LogP contribution in [0, 0.1) is 5.82 Å². The summed E-state index contributed by atoms with van der Waals surface area (Å²) in [5.41, 5.74) is 0.951. The number of amides is 1. The summed E-state index contributed by atoms with van der Waals surface area (Å²) in [6.07, 6.45) is 1.48. The third kappa shape index (κ3) is 6.33. The minimum atomic E-state index is -3.49. The molecule has 0 saturated heterocycles. The zero-order valence-corrected chi connectivity index (χ0v) is 16.1. The van der Waals surface area contributed by atoms with Crippen LogP contribution in [0.4, 0.5) is 10.1 Å². The molecule has 2 aromatic rings. The van der Waals surface area contributed by atoms with Gasteiger partial charge in [-0.05, 0) is 30.2 Å². The first-order valence-corrected chi connectivity index (χ1v) is 10.3. The van der Waals surface area contributed by atoms with Gasteiger partial charge in [-0.3, -0.25) is 4.79 Å². The number of ether oxygens (including phenoxy) is 1. The van der Waals surface area contributed by atoms with Crippen molar-refractivity contribution in [2.24, 2.45) is 0 Å². The van der Waals surface area contributed by atoms with Crippen molar-refractivity contribution in [3.05, 3.63) is 59.9 Å². The molecule has 0 saturated carbocycles. The molecule has 2 rings (SSSR count). The molecule has 0 radical (unpaired) electrons. The summed E-state index contributed by atoms with van der Waals surface area (Å²) >= 11 is 0. The Morgan fingerprint density at radius 1 is 1.11 bits per heavy atom. The molecule has 0 aliphatic carbocycles. The van der Waals surface area contributed by atoms with E-state index >= 15 is 0 Å². The number of nitrogens with one attached hydrogen (secondary N) is 1. The lowest BCUT2D eigenvalue weighted by Gasteiger charge is -2.20. The Morgan fingerprint density at radius 3 is 2.44 bits per heavy atom. The summed E-state index contributed by atoms with van der Waals surface area (Å²) in [6.45, 7) is 0.223. The van der Waals surface area contributed by atoms with Gasteiger partial charge in [0.2, 0.25) is 15.9 Å². The van der Waals surface area contributed by atoms with Crippen molar-refractivity contribution < 1.29 is 22.3 Å². The number of rotatable bonds is 9. The molecular formula is C19H23FN2O4S. The van der Waals surface area contributed by atoms with E-state index in [4.69, 9.17) is 4.74 Å². The third-order valence-electron chi connectivity index (χ3n) is 4.03. The Balaban J connectivity index is 1.97. The third-order valence-corrected chi connectivity index (χ3v) is 5.33. The van der Waals surface area contributed by atoms with Crippen LogP contribution >= 0.6 is 0 Å². The predicted molar refractivity (Wildman–Crippen MR) is 103 cm³/mol. The van der Waals surface area contributed by atoms with Crippen LogP contribution < -0.4 is 10.1 Å². The fourth-order valence-corrected chi connectivity index (χ4v) is 3.45. The smallest absolute Gasteiger partial charge is 0.225 e. The number of halogens is 1. The Kier molecular flexibility index (Phi) is 7.32. The van der Waals surface area contributed by atoms with Crippen molar-refractivity contribution >= 4 is 21.6 Å². The number of para-hydroxylation sites is 2. The molecule has 0 heterocycles. The lowest BCUT2D eigenvalue weighted by Crippen LogP contribution is -2.34. The van der Waals surface area contributed by atoms with E-state index in [1.54, 1.807) is 13.2 Å². The summed E-state index contributed by atoms with van der Waals surface area (Å²) in [5, 5.41) is 2.45. The normalized spacial score (nSPS) is 11.4. The monoisotopic (exact) mass is 394 g/mol. The van der Waals surface area contributed by atoms with E-state index in [1.807, 2.05) is 24.3 Å². The molecule has 0 atom stereocenters. The van der Waals surface area contributed by atoms with Crippen molar-refractivity contribution in [1.29, 1.82) is 0 Å². The van der Waals surface area contributed by atoms with Gasteiger partial charge in [-0.2, -0.15) is 0 Å². The zero-order chi connectivity index (χ0) is 19.9. The predicted octanol–water partition coefficient (Wildman–Crippen LogP) is 2.67. The molecule has 0 aromatic heterocycles. The molecule has 27 heavy (non-hydrogen) atoms. The van der Waals surface area contributed by atoms with Crippen molar-refractivity contribution in [2.45, 2.75) is 12.8 Å². The van der Waals surface area contributed by atoms with Gasteiger partial charge < -0.3 is 10.1 Å². The van der Waals surface area contributed by atoms with Gasteiger partial charge in [0.1, 0.15) is 11.6 Å². The SMILES string of the molecule is COc1ccccc1CCN(CCC(=O)Nc1ccccc1F)S(C)(=O)=O. The Morgan fingerprint density at radius 2 is 1.78 bits per heavy atom. The number of carbonyl (C=O) groups is 1. The largest absolute Gasteiger partial charge is 0.496 e. The van der Waals surface area contributed by atoms with Crippen LogP contribution in [0.25, 0.3) is 0 Å². The maximum atomic E-state index is 13.6. The lowest BCUT2D eigenvalue weighted by atomic mass is 10.1. The van der Waals surface area contributed by atoms with Crippen molar-refractivity contribution in [2.75, 3.05) is 31.8 Å². The number of carbonyl (C=O) groups excluding carboxylic acids is 1. The molecule has 8 heteroatoms. The second-order valence-electron chi connectivity index (χ2n) is 6.00. The van der Waals surface area contributed by atoms with Crippen LogP contribution in [0.3, 0.4) is 0 Å². The molecule has 0 spiro atoms. The van der Waals surface area contributed by atoms with Crippen LogP contribution in [0.2, 0.25) is 0 Å². The average Bonchev–Trinajstić information content (AvgIpc) is 2.62. The first-order chi connectivity index (χ1) is 12.8. The van der Waals surface area contributed by atoms with Crippen molar-refractivity contribution in [1.82, 2.24) is 4.31 Å². The zero-order valence-electron chi connectivity index (χ0n) is 15.3. The fourth-order valence-electron chi connectivity index (χ4n) is 2.60. The molecule has 0 fully saturated rings. The fraction of sp³-hybridized carbons (Fsp3) is 0.316. The van der Waals surface area contributed by atoms with Gasteiger partial charge in [0.05, 0.1) is 19.1 Å². The maximum Gasteiger partial charge on any atom is 0.225 e. The van der Waals surface area contributed by atoms with Gasteiger partial charge in [0.25, 0.3) is 0 Å². The number of sulfonamides is 1.